The third kappa shape index (κ3) is 4.72. The number of benzene rings is 2. The van der Waals surface area contributed by atoms with Gasteiger partial charge in [-0.25, -0.2) is 4.99 Å². The maximum atomic E-state index is 13.0. The van der Waals surface area contributed by atoms with Gasteiger partial charge in [0.1, 0.15) is 6.04 Å². The van der Waals surface area contributed by atoms with E-state index in [-0.39, 0.29) is 12.5 Å². The Morgan fingerprint density at radius 3 is 2.47 bits per heavy atom. The first kappa shape index (κ1) is 22.1. The average molecular weight is 455 g/mol. The number of nitrogens with one attached hydrogen (secondary N) is 1. The number of piperazine rings is 1. The van der Waals surface area contributed by atoms with Crippen molar-refractivity contribution in [3.63, 3.8) is 0 Å². The van der Waals surface area contributed by atoms with Crippen LogP contribution in [0.4, 0.5) is 5.69 Å². The molecule has 2 aliphatic heterocycles. The van der Waals surface area contributed by atoms with Gasteiger partial charge < -0.3 is 14.5 Å². The van der Waals surface area contributed by atoms with Gasteiger partial charge in [-0.2, -0.15) is 0 Å². The second-order valence-corrected chi connectivity index (χ2v) is 8.42. The lowest BCUT2D eigenvalue weighted by atomic mass is 9.91. The Bertz CT molecular complexity index is 1020. The normalized spacial score (nSPS) is 21.1. The summed E-state index contributed by atoms with van der Waals surface area (Å²) in [6, 6.07) is 14.9. The van der Waals surface area contributed by atoms with Gasteiger partial charge in [-0.1, -0.05) is 47.5 Å². The van der Waals surface area contributed by atoms with Crippen LogP contribution in [-0.4, -0.2) is 55.5 Å². The van der Waals surface area contributed by atoms with Gasteiger partial charge in [0.05, 0.1) is 6.61 Å². The summed E-state index contributed by atoms with van der Waals surface area (Å²) in [5.74, 6) is -1.43. The second-order valence-electron chi connectivity index (χ2n) is 7.98. The van der Waals surface area contributed by atoms with Crippen molar-refractivity contribution in [1.82, 2.24) is 10.2 Å². The van der Waals surface area contributed by atoms with Gasteiger partial charge in [0, 0.05) is 36.9 Å². The van der Waals surface area contributed by atoms with Gasteiger partial charge in [-0.15, -0.1) is 0 Å². The molecule has 4 rings (SSSR count). The van der Waals surface area contributed by atoms with Crippen LogP contribution >= 0.6 is 11.6 Å². The van der Waals surface area contributed by atoms with E-state index in [1.807, 2.05) is 55.5 Å². The Morgan fingerprint density at radius 2 is 1.81 bits per heavy atom. The Kier molecular flexibility index (Phi) is 6.65. The molecular weight excluding hydrogens is 428 g/mol. The van der Waals surface area contributed by atoms with E-state index in [1.54, 1.807) is 6.92 Å². The molecule has 2 atom stereocenters. The van der Waals surface area contributed by atoms with Crippen molar-refractivity contribution >= 4 is 35.1 Å². The number of hydrogen-bond acceptors (Lipinski definition) is 6. The number of ether oxygens (including phenoxy) is 1. The fourth-order valence-electron chi connectivity index (χ4n) is 4.08. The fraction of sp³-hybridized carbons (Fsp3) is 0.375. The van der Waals surface area contributed by atoms with E-state index < -0.39 is 17.9 Å². The molecule has 0 saturated carbocycles. The zero-order valence-corrected chi connectivity index (χ0v) is 19.0. The van der Waals surface area contributed by atoms with Crippen LogP contribution in [0.1, 0.15) is 24.1 Å². The number of anilines is 1. The van der Waals surface area contributed by atoms with Crippen molar-refractivity contribution in [2.45, 2.75) is 19.9 Å². The minimum absolute atomic E-state index is 0.214. The highest BCUT2D eigenvalue weighted by Crippen LogP contribution is 2.31. The Balaban J connectivity index is 1.56. The van der Waals surface area contributed by atoms with Crippen LogP contribution in [0.5, 0.6) is 0 Å². The van der Waals surface area contributed by atoms with E-state index in [0.29, 0.717) is 24.1 Å². The highest BCUT2D eigenvalue weighted by molar-refractivity contribution is 6.30. The third-order valence-corrected chi connectivity index (χ3v) is 6.04. The molecule has 1 fully saturated rings. The van der Waals surface area contributed by atoms with E-state index in [2.05, 4.69) is 15.1 Å². The number of aliphatic imine (C=N–C) groups is 1. The van der Waals surface area contributed by atoms with Crippen molar-refractivity contribution in [3.8, 4) is 0 Å². The number of esters is 1. The highest BCUT2D eigenvalue weighted by Gasteiger charge is 2.42. The van der Waals surface area contributed by atoms with E-state index in [9.17, 15) is 9.59 Å². The summed E-state index contributed by atoms with van der Waals surface area (Å²) < 4.78 is 5.18. The molecule has 2 aliphatic rings. The molecule has 0 aliphatic carbocycles. The summed E-state index contributed by atoms with van der Waals surface area (Å²) in [4.78, 5) is 34.7. The van der Waals surface area contributed by atoms with Gasteiger partial charge in [0.2, 0.25) is 11.9 Å². The van der Waals surface area contributed by atoms with Gasteiger partial charge in [-0.3, -0.25) is 14.9 Å². The third-order valence-electron chi connectivity index (χ3n) is 5.81. The number of nitrogens with zero attached hydrogens (tertiary/aromatic N) is 3. The predicted molar refractivity (Wildman–Crippen MR) is 125 cm³/mol. The second kappa shape index (κ2) is 9.61. The summed E-state index contributed by atoms with van der Waals surface area (Å²) in [6.07, 6.45) is 0. The lowest BCUT2D eigenvalue weighted by Crippen LogP contribution is -2.57. The van der Waals surface area contributed by atoms with Gasteiger partial charge in [-0.05, 0) is 37.6 Å². The minimum atomic E-state index is -1.01. The molecule has 0 aromatic heterocycles. The highest BCUT2D eigenvalue weighted by atomic mass is 35.5. The largest absolute Gasteiger partial charge is 0.465 e. The lowest BCUT2D eigenvalue weighted by Gasteiger charge is -2.39. The van der Waals surface area contributed by atoms with Crippen LogP contribution in [0.2, 0.25) is 5.02 Å². The SMILES string of the molecule is CCOC(=O)[C@H]1C(=O)NC(N2CCN(c3cccc(Cl)c3)CC2)=N[C@H]1c1ccc(C)cc1. The molecule has 0 unspecified atom stereocenters. The van der Waals surface area contributed by atoms with Crippen LogP contribution < -0.4 is 10.2 Å². The molecule has 1 amide bonds. The van der Waals surface area contributed by atoms with Crippen molar-refractivity contribution in [1.29, 1.82) is 0 Å². The van der Waals surface area contributed by atoms with Gasteiger partial charge in [0.25, 0.3) is 0 Å². The maximum Gasteiger partial charge on any atom is 0.321 e. The summed E-state index contributed by atoms with van der Waals surface area (Å²) in [5.41, 5.74) is 2.99. The molecule has 2 aromatic carbocycles. The van der Waals surface area contributed by atoms with Crippen molar-refractivity contribution in [2.75, 3.05) is 37.7 Å². The molecule has 1 N–H and O–H groups in total. The number of amides is 1. The summed E-state index contributed by atoms with van der Waals surface area (Å²) in [5, 5.41) is 3.56. The molecule has 2 heterocycles. The van der Waals surface area contributed by atoms with E-state index in [1.165, 1.54) is 0 Å². The molecule has 0 bridgehead atoms. The number of carbonyl (C=O) groups excluding carboxylic acids is 2. The van der Waals surface area contributed by atoms with Crippen LogP contribution in [0, 0.1) is 12.8 Å². The molecular formula is C24H27ClN4O3. The van der Waals surface area contributed by atoms with E-state index in [4.69, 9.17) is 21.3 Å². The lowest BCUT2D eigenvalue weighted by molar-refractivity contribution is -0.153. The summed E-state index contributed by atoms with van der Waals surface area (Å²) in [7, 11) is 0. The minimum Gasteiger partial charge on any atom is -0.465 e. The molecule has 1 saturated heterocycles. The quantitative estimate of drug-likeness (QED) is 0.567. The van der Waals surface area contributed by atoms with E-state index in [0.717, 1.165) is 29.9 Å². The van der Waals surface area contributed by atoms with Crippen LogP contribution in [-0.2, 0) is 14.3 Å². The number of guanidine groups is 1. The van der Waals surface area contributed by atoms with Crippen molar-refractivity contribution in [2.24, 2.45) is 10.9 Å². The number of rotatable bonds is 4. The summed E-state index contributed by atoms with van der Waals surface area (Å²) in [6.45, 7) is 6.86. The first-order chi connectivity index (χ1) is 15.5. The Labute approximate surface area is 193 Å². The number of hydrogen-bond donors (Lipinski definition) is 1. The Hall–Kier alpha value is -3.06. The molecule has 8 heteroatoms. The molecule has 7 nitrogen and oxygen atoms in total. The summed E-state index contributed by atoms with van der Waals surface area (Å²) >= 11 is 6.13. The maximum absolute atomic E-state index is 13.0. The zero-order valence-electron chi connectivity index (χ0n) is 18.3. The first-order valence-corrected chi connectivity index (χ1v) is 11.2. The topological polar surface area (TPSA) is 74.2 Å². The van der Waals surface area contributed by atoms with E-state index >= 15 is 0 Å². The fourth-order valence-corrected chi connectivity index (χ4v) is 4.26. The van der Waals surface area contributed by atoms with Gasteiger partial charge >= 0.3 is 5.97 Å². The number of halogens is 1. The zero-order chi connectivity index (χ0) is 22.7. The smallest absolute Gasteiger partial charge is 0.321 e. The Morgan fingerprint density at radius 1 is 1.12 bits per heavy atom. The number of carbonyl (C=O) groups is 2. The van der Waals surface area contributed by atoms with Crippen molar-refractivity contribution < 1.29 is 14.3 Å². The van der Waals surface area contributed by atoms with Crippen molar-refractivity contribution in [3.05, 3.63) is 64.7 Å². The molecule has 32 heavy (non-hydrogen) atoms. The number of aryl methyl sites for hydroxylation is 1. The molecule has 2 aromatic rings. The molecule has 0 spiro atoms. The molecule has 168 valence electrons. The van der Waals surface area contributed by atoms with Gasteiger partial charge in [0.15, 0.2) is 5.92 Å². The first-order valence-electron chi connectivity index (χ1n) is 10.8. The van der Waals surface area contributed by atoms with Crippen LogP contribution in [0.15, 0.2) is 53.5 Å². The molecule has 0 radical (unpaired) electrons. The monoisotopic (exact) mass is 454 g/mol. The average Bonchev–Trinajstić information content (AvgIpc) is 2.79. The van der Waals surface area contributed by atoms with Crippen LogP contribution in [0.25, 0.3) is 0 Å². The van der Waals surface area contributed by atoms with Crippen LogP contribution in [0.3, 0.4) is 0 Å². The predicted octanol–water partition coefficient (Wildman–Crippen LogP) is 3.18. The standard InChI is InChI=1S/C24H27ClN4O3/c1-3-32-23(31)20-21(17-9-7-16(2)8-10-17)26-24(27-22(20)30)29-13-11-28(12-14-29)19-6-4-5-18(25)15-19/h4-10,15,20-21H,3,11-14H2,1-2H3,(H,26,27,30)/t20-,21+/m1/s1.